The first-order valence-corrected chi connectivity index (χ1v) is 9.34. The second kappa shape index (κ2) is 9.92. The molecular formula is C20H18FIN2O3. The number of anilines is 1. The van der Waals surface area contributed by atoms with Crippen molar-refractivity contribution in [2.45, 2.75) is 13.8 Å². The number of ether oxygens (including phenoxy) is 2. The highest BCUT2D eigenvalue weighted by Crippen LogP contribution is 2.35. The van der Waals surface area contributed by atoms with E-state index in [1.165, 1.54) is 30.3 Å². The molecule has 1 amide bonds. The average Bonchev–Trinajstić information content (AvgIpc) is 2.64. The molecule has 0 saturated carbocycles. The van der Waals surface area contributed by atoms with E-state index in [0.717, 1.165) is 3.57 Å². The molecule has 0 fully saturated rings. The molecule has 0 unspecified atom stereocenters. The summed E-state index contributed by atoms with van der Waals surface area (Å²) in [4.78, 5) is 12.3. The van der Waals surface area contributed by atoms with Crippen molar-refractivity contribution in [1.29, 1.82) is 5.26 Å². The zero-order valence-corrected chi connectivity index (χ0v) is 17.0. The first-order chi connectivity index (χ1) is 13.0. The summed E-state index contributed by atoms with van der Waals surface area (Å²) in [6, 6.07) is 10.7. The minimum Gasteiger partial charge on any atom is -0.490 e. The molecule has 5 nitrogen and oxygen atoms in total. The van der Waals surface area contributed by atoms with Gasteiger partial charge in [0.15, 0.2) is 11.5 Å². The lowest BCUT2D eigenvalue weighted by molar-refractivity contribution is -0.112. The zero-order chi connectivity index (χ0) is 19.8. The Morgan fingerprint density at radius 3 is 2.48 bits per heavy atom. The smallest absolute Gasteiger partial charge is 0.266 e. The molecule has 0 heterocycles. The fraction of sp³-hybridized carbons (Fsp3) is 0.200. The Hall–Kier alpha value is -2.60. The van der Waals surface area contributed by atoms with E-state index in [0.29, 0.717) is 36.0 Å². The molecule has 1 N–H and O–H groups in total. The van der Waals surface area contributed by atoms with Crippen LogP contribution in [0.4, 0.5) is 10.1 Å². The van der Waals surface area contributed by atoms with Gasteiger partial charge in [-0.15, -0.1) is 0 Å². The number of rotatable bonds is 7. The van der Waals surface area contributed by atoms with E-state index in [4.69, 9.17) is 9.47 Å². The Bertz CT molecular complexity index is 889. The van der Waals surface area contributed by atoms with Gasteiger partial charge in [-0.2, -0.15) is 5.26 Å². The Morgan fingerprint density at radius 1 is 1.22 bits per heavy atom. The highest BCUT2D eigenvalue weighted by molar-refractivity contribution is 14.1. The summed E-state index contributed by atoms with van der Waals surface area (Å²) in [5.74, 6) is 0.197. The van der Waals surface area contributed by atoms with Gasteiger partial charge in [-0.05, 0) is 84.5 Å². The number of nitriles is 1. The SMILES string of the molecule is CCOc1cc(/C=C(/C#N)C(=O)Nc2ccc(F)cc2)cc(I)c1OCC. The Labute approximate surface area is 170 Å². The second-order valence-corrected chi connectivity index (χ2v) is 6.49. The van der Waals surface area contributed by atoms with Crippen LogP contribution in [0.15, 0.2) is 42.0 Å². The van der Waals surface area contributed by atoms with Crippen LogP contribution in [0.5, 0.6) is 11.5 Å². The van der Waals surface area contributed by atoms with E-state index >= 15 is 0 Å². The minimum atomic E-state index is -0.578. The van der Waals surface area contributed by atoms with Crippen molar-refractivity contribution in [3.63, 3.8) is 0 Å². The maximum atomic E-state index is 13.0. The molecule has 2 rings (SSSR count). The van der Waals surface area contributed by atoms with Crippen molar-refractivity contribution in [2.24, 2.45) is 0 Å². The molecule has 0 aliphatic rings. The van der Waals surface area contributed by atoms with Crippen LogP contribution < -0.4 is 14.8 Å². The number of halogens is 2. The number of nitrogens with zero attached hydrogens (tertiary/aromatic N) is 1. The number of carbonyl (C=O) groups is 1. The van der Waals surface area contributed by atoms with Crippen molar-refractivity contribution in [1.82, 2.24) is 0 Å². The molecule has 27 heavy (non-hydrogen) atoms. The first-order valence-electron chi connectivity index (χ1n) is 8.26. The maximum Gasteiger partial charge on any atom is 0.266 e. The summed E-state index contributed by atoms with van der Waals surface area (Å²) in [7, 11) is 0. The fourth-order valence-corrected chi connectivity index (χ4v) is 3.05. The van der Waals surface area contributed by atoms with Crippen molar-refractivity contribution in [2.75, 3.05) is 18.5 Å². The number of nitrogens with one attached hydrogen (secondary N) is 1. The number of carbonyl (C=O) groups excluding carboxylic acids is 1. The van der Waals surface area contributed by atoms with Crippen LogP contribution in [-0.4, -0.2) is 19.1 Å². The summed E-state index contributed by atoms with van der Waals surface area (Å²) in [6.45, 7) is 4.70. The molecule has 0 aliphatic carbocycles. The summed E-state index contributed by atoms with van der Waals surface area (Å²) in [6.07, 6.45) is 1.47. The average molecular weight is 480 g/mol. The quantitative estimate of drug-likeness (QED) is 0.352. The molecule has 140 valence electrons. The number of amides is 1. The van der Waals surface area contributed by atoms with E-state index in [9.17, 15) is 14.4 Å². The Morgan fingerprint density at radius 2 is 1.89 bits per heavy atom. The van der Waals surface area contributed by atoms with Crippen LogP contribution >= 0.6 is 22.6 Å². The molecule has 2 aromatic rings. The van der Waals surface area contributed by atoms with E-state index in [2.05, 4.69) is 27.9 Å². The maximum absolute atomic E-state index is 13.0. The minimum absolute atomic E-state index is 0.0817. The highest BCUT2D eigenvalue weighted by Gasteiger charge is 2.14. The molecule has 0 aromatic heterocycles. The standard InChI is InChI=1S/C20H18FIN2O3/c1-3-26-18-11-13(10-17(22)19(18)27-4-2)9-14(12-23)20(25)24-16-7-5-15(21)6-8-16/h5-11H,3-4H2,1-2H3,(H,24,25)/b14-9-. The van der Waals surface area contributed by atoms with E-state index in [1.807, 2.05) is 19.9 Å². The topological polar surface area (TPSA) is 71.3 Å². The van der Waals surface area contributed by atoms with Gasteiger partial charge in [0.2, 0.25) is 0 Å². The third-order valence-electron chi connectivity index (χ3n) is 3.40. The lowest BCUT2D eigenvalue weighted by Crippen LogP contribution is -2.13. The van der Waals surface area contributed by atoms with Gasteiger partial charge in [0.1, 0.15) is 17.5 Å². The Balaban J connectivity index is 2.31. The number of hydrogen-bond acceptors (Lipinski definition) is 4. The van der Waals surface area contributed by atoms with Gasteiger partial charge in [0, 0.05) is 5.69 Å². The van der Waals surface area contributed by atoms with Gasteiger partial charge in [0.05, 0.1) is 16.8 Å². The van der Waals surface area contributed by atoms with Crippen LogP contribution in [-0.2, 0) is 4.79 Å². The van der Waals surface area contributed by atoms with Crippen molar-refractivity contribution < 1.29 is 18.7 Å². The van der Waals surface area contributed by atoms with Gasteiger partial charge in [-0.3, -0.25) is 4.79 Å². The highest BCUT2D eigenvalue weighted by atomic mass is 127. The molecule has 0 saturated heterocycles. The normalized spacial score (nSPS) is 10.9. The van der Waals surface area contributed by atoms with E-state index in [-0.39, 0.29) is 5.57 Å². The third kappa shape index (κ3) is 5.69. The molecule has 0 bridgehead atoms. The Kier molecular flexibility index (Phi) is 7.61. The van der Waals surface area contributed by atoms with Crippen LogP contribution in [0, 0.1) is 20.7 Å². The van der Waals surface area contributed by atoms with Crippen LogP contribution in [0.25, 0.3) is 6.08 Å². The molecule has 2 aromatic carbocycles. The van der Waals surface area contributed by atoms with Crippen molar-refractivity contribution in [3.05, 3.63) is 56.9 Å². The molecule has 0 radical (unpaired) electrons. The van der Waals surface area contributed by atoms with Gasteiger partial charge >= 0.3 is 0 Å². The summed E-state index contributed by atoms with van der Waals surface area (Å²) < 4.78 is 25.0. The number of hydrogen-bond donors (Lipinski definition) is 1. The van der Waals surface area contributed by atoms with Crippen LogP contribution in [0.1, 0.15) is 19.4 Å². The molecule has 0 aliphatic heterocycles. The predicted octanol–water partition coefficient (Wildman–Crippen LogP) is 4.77. The van der Waals surface area contributed by atoms with Gasteiger partial charge in [-0.25, -0.2) is 4.39 Å². The zero-order valence-electron chi connectivity index (χ0n) is 14.9. The lowest BCUT2D eigenvalue weighted by atomic mass is 10.1. The van der Waals surface area contributed by atoms with Crippen LogP contribution in [0.2, 0.25) is 0 Å². The predicted molar refractivity (Wildman–Crippen MR) is 110 cm³/mol. The fourth-order valence-electron chi connectivity index (χ4n) is 2.27. The van der Waals surface area contributed by atoms with Gasteiger partial charge in [-0.1, -0.05) is 0 Å². The lowest BCUT2D eigenvalue weighted by Gasteiger charge is -2.13. The molecule has 0 atom stereocenters. The van der Waals surface area contributed by atoms with Crippen molar-refractivity contribution in [3.8, 4) is 17.6 Å². The summed E-state index contributed by atoms with van der Waals surface area (Å²) >= 11 is 2.12. The molecular weight excluding hydrogens is 462 g/mol. The number of benzene rings is 2. The van der Waals surface area contributed by atoms with E-state index < -0.39 is 11.7 Å². The van der Waals surface area contributed by atoms with Crippen molar-refractivity contribution >= 4 is 40.3 Å². The molecule has 7 heteroatoms. The van der Waals surface area contributed by atoms with Gasteiger partial charge < -0.3 is 14.8 Å². The van der Waals surface area contributed by atoms with Gasteiger partial charge in [0.25, 0.3) is 5.91 Å². The van der Waals surface area contributed by atoms with E-state index in [1.54, 1.807) is 12.1 Å². The first kappa shape index (κ1) is 20.7. The summed E-state index contributed by atoms with van der Waals surface area (Å²) in [5.41, 5.74) is 0.956. The third-order valence-corrected chi connectivity index (χ3v) is 4.20. The molecule has 0 spiro atoms. The second-order valence-electron chi connectivity index (χ2n) is 5.33. The summed E-state index contributed by atoms with van der Waals surface area (Å²) in [5, 5.41) is 11.9. The largest absolute Gasteiger partial charge is 0.490 e. The monoisotopic (exact) mass is 480 g/mol. The van der Waals surface area contributed by atoms with Crippen LogP contribution in [0.3, 0.4) is 0 Å².